The molecule has 0 saturated carbocycles. The van der Waals surface area contributed by atoms with Crippen molar-refractivity contribution in [2.45, 2.75) is 31.8 Å². The van der Waals surface area contributed by atoms with Gasteiger partial charge in [0.2, 0.25) is 0 Å². The smallest absolute Gasteiger partial charge is 0.325 e. The predicted octanol–water partition coefficient (Wildman–Crippen LogP) is 1.51. The van der Waals surface area contributed by atoms with Gasteiger partial charge in [0.05, 0.1) is 20.8 Å². The van der Waals surface area contributed by atoms with Gasteiger partial charge in [0.25, 0.3) is 5.91 Å². The first kappa shape index (κ1) is 17.5. The maximum atomic E-state index is 13.0. The molecule has 0 spiro atoms. The number of rotatable bonds is 5. The molecule has 2 aliphatic heterocycles. The van der Waals surface area contributed by atoms with Crippen molar-refractivity contribution in [2.24, 2.45) is 5.92 Å². The third-order valence-electron chi connectivity index (χ3n) is 5.21. The highest BCUT2D eigenvalue weighted by Gasteiger charge is 2.52. The van der Waals surface area contributed by atoms with Gasteiger partial charge in [0.1, 0.15) is 17.0 Å². The van der Waals surface area contributed by atoms with E-state index < -0.39 is 5.54 Å². The average molecular weight is 347 g/mol. The molecule has 2 saturated heterocycles. The fourth-order valence-electron chi connectivity index (χ4n) is 3.68. The monoisotopic (exact) mass is 347 g/mol. The topological polar surface area (TPSA) is 79.9 Å². The van der Waals surface area contributed by atoms with Crippen LogP contribution in [0.3, 0.4) is 0 Å². The van der Waals surface area contributed by atoms with Crippen LogP contribution in [0.5, 0.6) is 11.5 Å². The van der Waals surface area contributed by atoms with E-state index >= 15 is 0 Å². The SMILES string of the molecule is COc1cc(CN2C(=O)N[C@](C)(C3CCNCC3)C2=O)cc(OC)c1. The number of amides is 3. The number of piperidine rings is 1. The van der Waals surface area contributed by atoms with Gasteiger partial charge in [-0.15, -0.1) is 0 Å². The second-order valence-corrected chi connectivity index (χ2v) is 6.77. The van der Waals surface area contributed by atoms with Gasteiger partial charge < -0.3 is 20.1 Å². The maximum absolute atomic E-state index is 13.0. The Morgan fingerprint density at radius 2 is 1.72 bits per heavy atom. The van der Waals surface area contributed by atoms with Crippen molar-refractivity contribution in [3.63, 3.8) is 0 Å². The van der Waals surface area contributed by atoms with E-state index in [0.29, 0.717) is 11.5 Å². The molecule has 2 N–H and O–H groups in total. The van der Waals surface area contributed by atoms with Gasteiger partial charge in [-0.3, -0.25) is 9.69 Å². The summed E-state index contributed by atoms with van der Waals surface area (Å²) in [6.45, 7) is 3.78. The van der Waals surface area contributed by atoms with Crippen LogP contribution in [0, 0.1) is 5.92 Å². The molecule has 1 atom stereocenters. The molecule has 7 nitrogen and oxygen atoms in total. The number of urea groups is 1. The predicted molar refractivity (Wildman–Crippen MR) is 92.6 cm³/mol. The Morgan fingerprint density at radius 1 is 1.12 bits per heavy atom. The number of ether oxygens (including phenoxy) is 2. The van der Waals surface area contributed by atoms with Crippen molar-refractivity contribution in [1.29, 1.82) is 0 Å². The fourth-order valence-corrected chi connectivity index (χ4v) is 3.68. The quantitative estimate of drug-likeness (QED) is 0.790. The second kappa shape index (κ2) is 6.92. The van der Waals surface area contributed by atoms with Crippen molar-refractivity contribution in [2.75, 3.05) is 27.3 Å². The summed E-state index contributed by atoms with van der Waals surface area (Å²) in [5.41, 5.74) is -0.0449. The molecule has 0 radical (unpaired) electrons. The Labute approximate surface area is 147 Å². The number of methoxy groups -OCH3 is 2. The van der Waals surface area contributed by atoms with Gasteiger partial charge in [-0.05, 0) is 56.5 Å². The van der Waals surface area contributed by atoms with Gasteiger partial charge in [-0.1, -0.05) is 0 Å². The van der Waals surface area contributed by atoms with Crippen molar-refractivity contribution >= 4 is 11.9 Å². The largest absolute Gasteiger partial charge is 0.497 e. The first-order valence-electron chi connectivity index (χ1n) is 8.54. The normalized spacial score (nSPS) is 24.4. The average Bonchev–Trinajstić information content (AvgIpc) is 2.86. The first-order valence-corrected chi connectivity index (χ1v) is 8.54. The van der Waals surface area contributed by atoms with Crippen LogP contribution in [0.25, 0.3) is 0 Å². The molecule has 2 fully saturated rings. The molecule has 1 aromatic carbocycles. The molecule has 2 heterocycles. The van der Waals surface area contributed by atoms with Gasteiger partial charge in [-0.25, -0.2) is 4.79 Å². The van der Waals surface area contributed by atoms with Crippen LogP contribution in [0.2, 0.25) is 0 Å². The van der Waals surface area contributed by atoms with Crippen LogP contribution in [-0.4, -0.2) is 49.7 Å². The van der Waals surface area contributed by atoms with E-state index in [2.05, 4.69) is 10.6 Å². The van der Waals surface area contributed by atoms with E-state index in [-0.39, 0.29) is 24.4 Å². The van der Waals surface area contributed by atoms with Gasteiger partial charge >= 0.3 is 6.03 Å². The standard InChI is InChI=1S/C18H25N3O4/c1-18(13-4-6-19-7-5-13)16(22)21(17(23)20-18)11-12-8-14(24-2)10-15(9-12)25-3/h8-10,13,19H,4-7,11H2,1-3H3,(H,20,23)/t18-/m1/s1. The third-order valence-corrected chi connectivity index (χ3v) is 5.21. The number of imide groups is 1. The van der Waals surface area contributed by atoms with Crippen LogP contribution in [0.4, 0.5) is 4.79 Å². The Hall–Kier alpha value is -2.28. The molecule has 2 aliphatic rings. The van der Waals surface area contributed by atoms with Crippen LogP contribution in [0.15, 0.2) is 18.2 Å². The van der Waals surface area contributed by atoms with Gasteiger partial charge in [-0.2, -0.15) is 0 Å². The zero-order valence-corrected chi connectivity index (χ0v) is 14.9. The summed E-state index contributed by atoms with van der Waals surface area (Å²) in [6, 6.07) is 5.04. The van der Waals surface area contributed by atoms with Crippen molar-refractivity contribution in [1.82, 2.24) is 15.5 Å². The number of hydrogen-bond acceptors (Lipinski definition) is 5. The van der Waals surface area contributed by atoms with E-state index in [4.69, 9.17) is 9.47 Å². The summed E-state index contributed by atoms with van der Waals surface area (Å²) >= 11 is 0. The third kappa shape index (κ3) is 3.28. The summed E-state index contributed by atoms with van der Waals surface area (Å²) in [7, 11) is 3.14. The lowest BCUT2D eigenvalue weighted by atomic mass is 9.79. The zero-order chi connectivity index (χ0) is 18.0. The Morgan fingerprint density at radius 3 is 2.28 bits per heavy atom. The minimum atomic E-state index is -0.831. The molecule has 0 unspecified atom stereocenters. The molecule has 0 aliphatic carbocycles. The lowest BCUT2D eigenvalue weighted by molar-refractivity contribution is -0.133. The summed E-state index contributed by atoms with van der Waals surface area (Å²) in [4.78, 5) is 26.8. The van der Waals surface area contributed by atoms with E-state index in [1.165, 1.54) is 4.90 Å². The summed E-state index contributed by atoms with van der Waals surface area (Å²) < 4.78 is 10.5. The Balaban J connectivity index is 1.81. The molecule has 3 amide bonds. The van der Waals surface area contributed by atoms with Crippen LogP contribution < -0.4 is 20.1 Å². The zero-order valence-electron chi connectivity index (χ0n) is 14.9. The molecule has 7 heteroatoms. The van der Waals surface area contributed by atoms with Crippen molar-refractivity contribution < 1.29 is 19.1 Å². The Bertz CT molecular complexity index is 650. The lowest BCUT2D eigenvalue weighted by Crippen LogP contribution is -2.53. The minimum Gasteiger partial charge on any atom is -0.497 e. The highest BCUT2D eigenvalue weighted by atomic mass is 16.5. The maximum Gasteiger partial charge on any atom is 0.325 e. The number of carbonyl (C=O) groups excluding carboxylic acids is 2. The van der Waals surface area contributed by atoms with Crippen molar-refractivity contribution in [3.05, 3.63) is 23.8 Å². The van der Waals surface area contributed by atoms with E-state index in [1.54, 1.807) is 20.3 Å². The van der Waals surface area contributed by atoms with Crippen LogP contribution in [0.1, 0.15) is 25.3 Å². The van der Waals surface area contributed by atoms with Crippen LogP contribution >= 0.6 is 0 Å². The summed E-state index contributed by atoms with van der Waals surface area (Å²) in [6.07, 6.45) is 1.76. The first-order chi connectivity index (χ1) is 12.0. The minimum absolute atomic E-state index is 0.148. The molecule has 0 aromatic heterocycles. The lowest BCUT2D eigenvalue weighted by Gasteiger charge is -2.34. The molecule has 25 heavy (non-hydrogen) atoms. The molecule has 0 bridgehead atoms. The highest BCUT2D eigenvalue weighted by molar-refractivity contribution is 6.07. The number of carbonyl (C=O) groups is 2. The summed E-state index contributed by atoms with van der Waals surface area (Å²) in [5, 5.41) is 6.22. The molecule has 136 valence electrons. The number of hydrogen-bond donors (Lipinski definition) is 2. The van der Waals surface area contributed by atoms with Gasteiger partial charge in [0, 0.05) is 6.07 Å². The summed E-state index contributed by atoms with van der Waals surface area (Å²) in [5.74, 6) is 1.24. The highest BCUT2D eigenvalue weighted by Crippen LogP contribution is 2.33. The molecule has 1 aromatic rings. The number of nitrogens with zero attached hydrogens (tertiary/aromatic N) is 1. The van der Waals surface area contributed by atoms with Crippen LogP contribution in [-0.2, 0) is 11.3 Å². The van der Waals surface area contributed by atoms with Crippen molar-refractivity contribution in [3.8, 4) is 11.5 Å². The molecular formula is C18H25N3O4. The Kier molecular flexibility index (Phi) is 4.85. The van der Waals surface area contributed by atoms with E-state index in [0.717, 1.165) is 31.5 Å². The molecule has 3 rings (SSSR count). The van der Waals surface area contributed by atoms with Gasteiger partial charge in [0.15, 0.2) is 0 Å². The van der Waals surface area contributed by atoms with E-state index in [1.807, 2.05) is 19.1 Å². The number of nitrogens with one attached hydrogen (secondary N) is 2. The number of benzene rings is 1. The second-order valence-electron chi connectivity index (χ2n) is 6.77. The van der Waals surface area contributed by atoms with E-state index in [9.17, 15) is 9.59 Å². The molecular weight excluding hydrogens is 322 g/mol. The fraction of sp³-hybridized carbons (Fsp3) is 0.556.